The molecule has 0 saturated heterocycles. The molecule has 10 heteroatoms. The summed E-state index contributed by atoms with van der Waals surface area (Å²) in [5.74, 6) is -1.91. The van der Waals surface area contributed by atoms with Crippen molar-refractivity contribution in [3.8, 4) is 6.07 Å². The van der Waals surface area contributed by atoms with Crippen LogP contribution in [0.3, 0.4) is 0 Å². The molecule has 1 atom stereocenters. The summed E-state index contributed by atoms with van der Waals surface area (Å²) in [5.41, 5.74) is 0. The fourth-order valence-electron chi connectivity index (χ4n) is 2.16. The smallest absolute Gasteiger partial charge is 0.348 e. The zero-order valence-corrected chi connectivity index (χ0v) is 16.7. The molecule has 0 aliphatic rings. The summed E-state index contributed by atoms with van der Waals surface area (Å²) >= 11 is 0. The van der Waals surface area contributed by atoms with Gasteiger partial charge in [0.1, 0.15) is 0 Å². The molecule has 0 spiro atoms. The second kappa shape index (κ2) is 13.3. The van der Waals surface area contributed by atoms with E-state index in [1.807, 2.05) is 39.1 Å². The number of rotatable bonds is 13. The third-order valence-electron chi connectivity index (χ3n) is 3.23. The van der Waals surface area contributed by atoms with E-state index < -0.39 is 20.6 Å². The first-order valence-electron chi connectivity index (χ1n) is 8.67. The summed E-state index contributed by atoms with van der Waals surface area (Å²) in [6.45, 7) is 8.83. The predicted molar refractivity (Wildman–Crippen MR) is 94.1 cm³/mol. The predicted octanol–water partition coefficient (Wildman–Crippen LogP) is 4.13. The Kier molecular flexibility index (Phi) is 12.8. The first-order chi connectivity index (χ1) is 12.1. The van der Waals surface area contributed by atoms with E-state index in [0.29, 0.717) is 32.5 Å². The molecule has 0 radical (unpaired) electrons. The number of alkyl halides is 3. The molecule has 0 bridgehead atoms. The lowest BCUT2D eigenvalue weighted by Gasteiger charge is -2.35. The Morgan fingerprint density at radius 3 is 2.19 bits per heavy atom. The topological polar surface area (TPSA) is 74.6 Å². The van der Waals surface area contributed by atoms with Gasteiger partial charge in [-0.2, -0.15) is 18.4 Å². The van der Waals surface area contributed by atoms with E-state index in [9.17, 15) is 18.0 Å². The van der Waals surface area contributed by atoms with Gasteiger partial charge in [-0.15, -0.1) is 0 Å². The lowest BCUT2D eigenvalue weighted by Crippen LogP contribution is -2.37. The molecule has 0 saturated carbocycles. The quantitative estimate of drug-likeness (QED) is 0.372. The lowest BCUT2D eigenvalue weighted by atomic mass is 10.2. The number of unbranched alkanes of at least 4 members (excludes halogenated alkanes) is 2. The summed E-state index contributed by atoms with van der Waals surface area (Å²) in [6, 6.07) is 2.45. The van der Waals surface area contributed by atoms with E-state index in [1.165, 1.54) is 0 Å². The van der Waals surface area contributed by atoms with Crippen LogP contribution < -0.4 is 5.32 Å². The number of nitrogens with zero attached hydrogens (tertiary/aromatic N) is 2. The molecule has 1 N–H and O–H groups in total. The van der Waals surface area contributed by atoms with Gasteiger partial charge < -0.3 is 14.4 Å². The minimum atomic E-state index is -4.84. The number of amides is 1. The van der Waals surface area contributed by atoms with Gasteiger partial charge in [0.25, 0.3) is 8.53 Å². The average molecular weight is 399 g/mol. The number of hydrogen-bond acceptors (Lipinski definition) is 5. The van der Waals surface area contributed by atoms with E-state index in [4.69, 9.17) is 14.3 Å². The zero-order valence-electron chi connectivity index (χ0n) is 15.8. The molecular weight excluding hydrogens is 370 g/mol. The molecule has 0 rings (SSSR count). The van der Waals surface area contributed by atoms with Gasteiger partial charge >= 0.3 is 12.1 Å². The number of hydrogen-bond donors (Lipinski definition) is 1. The molecule has 0 aromatic carbocycles. The Labute approximate surface area is 155 Å². The van der Waals surface area contributed by atoms with Crippen LogP contribution in [0.4, 0.5) is 13.2 Å². The van der Waals surface area contributed by atoms with Crippen molar-refractivity contribution in [2.24, 2.45) is 0 Å². The Morgan fingerprint density at radius 2 is 1.69 bits per heavy atom. The highest BCUT2D eigenvalue weighted by Gasteiger charge is 2.38. The van der Waals surface area contributed by atoms with Crippen LogP contribution in [0.25, 0.3) is 0 Å². The summed E-state index contributed by atoms with van der Waals surface area (Å²) in [6.07, 6.45) is -2.84. The van der Waals surface area contributed by atoms with E-state index in [2.05, 4.69) is 4.67 Å². The van der Waals surface area contributed by atoms with Crippen LogP contribution in [0.5, 0.6) is 0 Å². The van der Waals surface area contributed by atoms with Gasteiger partial charge in [-0.1, -0.05) is 0 Å². The molecule has 6 nitrogen and oxygen atoms in total. The van der Waals surface area contributed by atoms with Gasteiger partial charge in [0.2, 0.25) is 0 Å². The molecule has 0 aromatic rings. The van der Waals surface area contributed by atoms with Gasteiger partial charge in [-0.3, -0.25) is 4.79 Å². The summed E-state index contributed by atoms with van der Waals surface area (Å²) in [7, 11) is -1.30. The maximum absolute atomic E-state index is 12.0. The van der Waals surface area contributed by atoms with Crippen LogP contribution >= 0.6 is 8.53 Å². The lowest BCUT2D eigenvalue weighted by molar-refractivity contribution is -0.173. The molecule has 0 fully saturated rings. The first kappa shape index (κ1) is 25.1. The van der Waals surface area contributed by atoms with Gasteiger partial charge in [0, 0.05) is 18.6 Å². The molecule has 0 aliphatic heterocycles. The fourth-order valence-corrected chi connectivity index (χ4v) is 3.79. The second-order valence-electron chi connectivity index (χ2n) is 6.19. The second-order valence-corrected chi connectivity index (χ2v) is 7.65. The maximum atomic E-state index is 12.0. The van der Waals surface area contributed by atoms with Crippen molar-refractivity contribution in [3.05, 3.63) is 0 Å². The van der Waals surface area contributed by atoms with Gasteiger partial charge in [-0.25, -0.2) is 4.67 Å². The third kappa shape index (κ3) is 10.9. The van der Waals surface area contributed by atoms with Crippen LogP contribution in [0.15, 0.2) is 0 Å². The molecule has 0 heterocycles. The van der Waals surface area contributed by atoms with Crippen molar-refractivity contribution >= 4 is 14.4 Å². The number of halogens is 3. The maximum Gasteiger partial charge on any atom is 0.471 e. The van der Waals surface area contributed by atoms with Crippen molar-refractivity contribution in [1.29, 1.82) is 5.26 Å². The minimum absolute atomic E-state index is 0.0180. The van der Waals surface area contributed by atoms with Gasteiger partial charge in [0.05, 0.1) is 25.7 Å². The van der Waals surface area contributed by atoms with E-state index in [1.54, 1.807) is 0 Å². The highest BCUT2D eigenvalue weighted by molar-refractivity contribution is 7.44. The highest BCUT2D eigenvalue weighted by atomic mass is 31.2. The Morgan fingerprint density at radius 1 is 1.12 bits per heavy atom. The standard InChI is InChI=1S/C16H29F3N3O3P/c1-13(2)22(14(3)4)26(25-12-8-9-20)24-11-7-5-6-10-21-15(23)16(17,18)19/h13-14H,5-8,10-12H2,1-4H3,(H,21,23). The van der Waals surface area contributed by atoms with Gasteiger partial charge in [0.15, 0.2) is 0 Å². The molecule has 1 amide bonds. The third-order valence-corrected chi connectivity index (χ3v) is 5.34. The van der Waals surface area contributed by atoms with Crippen LogP contribution in [0.1, 0.15) is 53.4 Å². The fraction of sp³-hybridized carbons (Fsp3) is 0.875. The molecular formula is C16H29F3N3O3P. The number of nitriles is 1. The number of nitrogens with one attached hydrogen (secondary N) is 1. The largest absolute Gasteiger partial charge is 0.471 e. The average Bonchev–Trinajstić information content (AvgIpc) is 2.51. The molecule has 152 valence electrons. The first-order valence-corrected chi connectivity index (χ1v) is 9.80. The number of carbonyl (C=O) groups excluding carboxylic acids is 1. The van der Waals surface area contributed by atoms with E-state index >= 15 is 0 Å². The van der Waals surface area contributed by atoms with Crippen molar-refractivity contribution in [2.45, 2.75) is 71.6 Å². The monoisotopic (exact) mass is 399 g/mol. The Hall–Kier alpha value is -0.940. The van der Waals surface area contributed by atoms with E-state index in [-0.39, 0.29) is 25.0 Å². The van der Waals surface area contributed by atoms with Gasteiger partial charge in [-0.05, 0) is 47.0 Å². The molecule has 1 unspecified atom stereocenters. The van der Waals surface area contributed by atoms with Crippen molar-refractivity contribution in [2.75, 3.05) is 19.8 Å². The number of carbonyl (C=O) groups is 1. The SMILES string of the molecule is CC(C)N(C(C)C)P(OCCC#N)OCCCCCNC(=O)C(F)(F)F. The summed E-state index contributed by atoms with van der Waals surface area (Å²) in [5, 5.41) is 10.5. The zero-order chi connectivity index (χ0) is 20.2. The van der Waals surface area contributed by atoms with Crippen LogP contribution in [0, 0.1) is 11.3 Å². The summed E-state index contributed by atoms with van der Waals surface area (Å²) < 4.78 is 49.8. The molecule has 26 heavy (non-hydrogen) atoms. The Balaban J connectivity index is 4.20. The van der Waals surface area contributed by atoms with Crippen molar-refractivity contribution in [3.63, 3.8) is 0 Å². The van der Waals surface area contributed by atoms with E-state index in [0.717, 1.165) is 0 Å². The Bertz CT molecular complexity index is 435. The molecule has 0 aliphatic carbocycles. The van der Waals surface area contributed by atoms with Crippen LogP contribution in [-0.4, -0.2) is 48.6 Å². The highest BCUT2D eigenvalue weighted by Crippen LogP contribution is 2.46. The van der Waals surface area contributed by atoms with Crippen molar-refractivity contribution < 1.29 is 27.0 Å². The summed E-state index contributed by atoms with van der Waals surface area (Å²) in [4.78, 5) is 10.7. The normalized spacial score (nSPS) is 13.3. The minimum Gasteiger partial charge on any atom is -0.348 e. The molecule has 0 aromatic heterocycles. The van der Waals surface area contributed by atoms with Crippen LogP contribution in [0.2, 0.25) is 0 Å². The van der Waals surface area contributed by atoms with Crippen molar-refractivity contribution in [1.82, 2.24) is 9.99 Å². The van der Waals surface area contributed by atoms with Crippen LogP contribution in [-0.2, 0) is 13.8 Å².